The first-order valence-electron chi connectivity index (χ1n) is 8.09. The molecule has 2 unspecified atom stereocenters. The minimum atomic E-state index is 0.957. The zero-order chi connectivity index (χ0) is 12.9. The average molecular weight is 239 g/mol. The first kappa shape index (κ1) is 17.0. The van der Waals surface area contributed by atoms with Crippen molar-refractivity contribution in [3.63, 3.8) is 0 Å². The van der Waals surface area contributed by atoms with Crippen LogP contribution in [0.25, 0.3) is 0 Å². The fourth-order valence-electron chi connectivity index (χ4n) is 2.53. The Kier molecular flexibility index (Phi) is 12.5. The molecule has 0 aromatic heterocycles. The van der Waals surface area contributed by atoms with E-state index in [1.807, 2.05) is 0 Å². The second-order valence-electron chi connectivity index (χ2n) is 5.59. The summed E-state index contributed by atoms with van der Waals surface area (Å²) in [6.45, 7) is 9.30. The van der Waals surface area contributed by atoms with Gasteiger partial charge in [0.1, 0.15) is 0 Å². The summed E-state index contributed by atoms with van der Waals surface area (Å²) in [4.78, 5) is 0. The second kappa shape index (κ2) is 12.5. The van der Waals surface area contributed by atoms with Gasteiger partial charge in [-0.05, 0) is 31.1 Å². The largest absolute Gasteiger partial charge is 0.0654 e. The highest BCUT2D eigenvalue weighted by Gasteiger charge is 2.09. The summed E-state index contributed by atoms with van der Waals surface area (Å²) in [7, 11) is 0. The Labute approximate surface area is 111 Å². The molecule has 0 N–H and O–H groups in total. The third-order valence-corrected chi connectivity index (χ3v) is 4.09. The van der Waals surface area contributed by atoms with E-state index >= 15 is 0 Å². The van der Waals surface area contributed by atoms with Crippen molar-refractivity contribution in [3.05, 3.63) is 6.42 Å². The summed E-state index contributed by atoms with van der Waals surface area (Å²) < 4.78 is 0. The number of unbranched alkanes of at least 4 members (excludes halogenated alkanes) is 2. The zero-order valence-corrected chi connectivity index (χ0v) is 12.8. The predicted octanol–water partition coefficient (Wildman–Crippen LogP) is 6.40. The van der Waals surface area contributed by atoms with Crippen molar-refractivity contribution in [2.75, 3.05) is 0 Å². The number of hydrogen-bond acceptors (Lipinski definition) is 0. The Morgan fingerprint density at radius 2 is 1.12 bits per heavy atom. The Morgan fingerprint density at radius 1 is 0.706 bits per heavy atom. The Hall–Kier alpha value is 0. The van der Waals surface area contributed by atoms with Gasteiger partial charge in [0.15, 0.2) is 0 Å². The predicted molar refractivity (Wildman–Crippen MR) is 80.1 cm³/mol. The van der Waals surface area contributed by atoms with Gasteiger partial charge in [-0.15, -0.1) is 0 Å². The van der Waals surface area contributed by atoms with Gasteiger partial charge in [0, 0.05) is 0 Å². The van der Waals surface area contributed by atoms with Crippen LogP contribution in [0.2, 0.25) is 0 Å². The Morgan fingerprint density at radius 3 is 1.41 bits per heavy atom. The van der Waals surface area contributed by atoms with E-state index in [4.69, 9.17) is 0 Å². The molecule has 0 nitrogen and oxygen atoms in total. The number of rotatable bonds is 12. The molecule has 0 aliphatic carbocycles. The highest BCUT2D eigenvalue weighted by atomic mass is 14.1. The van der Waals surface area contributed by atoms with Gasteiger partial charge in [-0.25, -0.2) is 0 Å². The van der Waals surface area contributed by atoms with E-state index in [0.29, 0.717) is 0 Å². The lowest BCUT2D eigenvalue weighted by Gasteiger charge is -2.17. The van der Waals surface area contributed by atoms with Crippen LogP contribution in [0.5, 0.6) is 0 Å². The van der Waals surface area contributed by atoms with Gasteiger partial charge in [0.2, 0.25) is 0 Å². The Bertz CT molecular complexity index is 123. The lowest BCUT2D eigenvalue weighted by atomic mass is 9.89. The topological polar surface area (TPSA) is 0 Å². The summed E-state index contributed by atoms with van der Waals surface area (Å²) in [6, 6.07) is 0. The van der Waals surface area contributed by atoms with Crippen molar-refractivity contribution < 1.29 is 0 Å². The molecule has 0 rings (SSSR count). The quantitative estimate of drug-likeness (QED) is 0.369. The normalized spacial score (nSPS) is 14.8. The molecule has 0 bridgehead atoms. The molecular formula is C17H35. The van der Waals surface area contributed by atoms with Crippen molar-refractivity contribution in [3.8, 4) is 0 Å². The lowest BCUT2D eigenvalue weighted by Crippen LogP contribution is -2.03. The molecule has 0 aliphatic rings. The van der Waals surface area contributed by atoms with Gasteiger partial charge in [-0.2, -0.15) is 0 Å². The van der Waals surface area contributed by atoms with Crippen molar-refractivity contribution >= 4 is 0 Å². The maximum Gasteiger partial charge on any atom is -0.0380 e. The molecule has 0 fully saturated rings. The number of hydrogen-bond donors (Lipinski definition) is 0. The summed E-state index contributed by atoms with van der Waals surface area (Å²) in [5.74, 6) is 1.91. The minimum Gasteiger partial charge on any atom is -0.0654 e. The van der Waals surface area contributed by atoms with Crippen LogP contribution in [0.4, 0.5) is 0 Å². The zero-order valence-electron chi connectivity index (χ0n) is 12.8. The van der Waals surface area contributed by atoms with E-state index in [1.165, 1.54) is 64.2 Å². The average Bonchev–Trinajstić information content (AvgIpc) is 2.37. The minimum absolute atomic E-state index is 0.957. The monoisotopic (exact) mass is 239 g/mol. The third-order valence-electron chi connectivity index (χ3n) is 4.09. The Balaban J connectivity index is 3.61. The maximum atomic E-state index is 2.59. The standard InChI is InChI=1S/C17H35/c1-5-9-12-16(7-3)14-11-15-17(8-4)13-10-6-2/h11,16-17H,5-10,12-15H2,1-4H3. The molecule has 0 spiro atoms. The van der Waals surface area contributed by atoms with Crippen molar-refractivity contribution in [1.82, 2.24) is 0 Å². The molecule has 0 heterocycles. The molecule has 0 amide bonds. The van der Waals surface area contributed by atoms with Gasteiger partial charge in [0.25, 0.3) is 0 Å². The molecule has 103 valence electrons. The molecule has 0 aromatic rings. The molecule has 0 aliphatic heterocycles. The van der Waals surface area contributed by atoms with Crippen LogP contribution in [0.15, 0.2) is 0 Å². The first-order chi connectivity index (χ1) is 8.28. The molecule has 1 radical (unpaired) electrons. The fraction of sp³-hybridized carbons (Fsp3) is 0.941. The summed E-state index contributed by atoms with van der Waals surface area (Å²) in [5.41, 5.74) is 0. The van der Waals surface area contributed by atoms with E-state index in [9.17, 15) is 0 Å². The van der Waals surface area contributed by atoms with Crippen LogP contribution in [-0.2, 0) is 0 Å². The summed E-state index contributed by atoms with van der Waals surface area (Å²) >= 11 is 0. The highest BCUT2D eigenvalue weighted by Crippen LogP contribution is 2.23. The first-order valence-corrected chi connectivity index (χ1v) is 8.09. The van der Waals surface area contributed by atoms with Crippen LogP contribution in [-0.4, -0.2) is 0 Å². The summed E-state index contributed by atoms with van der Waals surface area (Å²) in [5, 5.41) is 0. The second-order valence-corrected chi connectivity index (χ2v) is 5.59. The highest BCUT2D eigenvalue weighted by molar-refractivity contribution is 4.74. The van der Waals surface area contributed by atoms with E-state index in [0.717, 1.165) is 11.8 Å². The molecule has 0 aromatic carbocycles. The van der Waals surface area contributed by atoms with E-state index in [2.05, 4.69) is 34.1 Å². The van der Waals surface area contributed by atoms with Crippen molar-refractivity contribution in [2.45, 2.75) is 91.9 Å². The molecule has 2 atom stereocenters. The van der Waals surface area contributed by atoms with Gasteiger partial charge in [0.05, 0.1) is 0 Å². The van der Waals surface area contributed by atoms with Gasteiger partial charge in [-0.1, -0.05) is 79.1 Å². The molecule has 0 saturated carbocycles. The third kappa shape index (κ3) is 9.68. The fourth-order valence-corrected chi connectivity index (χ4v) is 2.53. The van der Waals surface area contributed by atoms with Crippen LogP contribution in [0.3, 0.4) is 0 Å². The maximum absolute atomic E-state index is 2.59. The van der Waals surface area contributed by atoms with Crippen molar-refractivity contribution in [1.29, 1.82) is 0 Å². The molecule has 17 heavy (non-hydrogen) atoms. The van der Waals surface area contributed by atoms with Gasteiger partial charge in [-0.3, -0.25) is 0 Å². The van der Waals surface area contributed by atoms with Crippen LogP contribution < -0.4 is 0 Å². The van der Waals surface area contributed by atoms with E-state index in [-0.39, 0.29) is 0 Å². The van der Waals surface area contributed by atoms with E-state index in [1.54, 1.807) is 0 Å². The summed E-state index contributed by atoms with van der Waals surface area (Å²) in [6.07, 6.45) is 16.5. The van der Waals surface area contributed by atoms with Crippen LogP contribution in [0.1, 0.15) is 91.9 Å². The lowest BCUT2D eigenvalue weighted by molar-refractivity contribution is 0.403. The molecule has 0 saturated heterocycles. The van der Waals surface area contributed by atoms with Gasteiger partial charge < -0.3 is 0 Å². The molecular weight excluding hydrogens is 204 g/mol. The van der Waals surface area contributed by atoms with Gasteiger partial charge >= 0.3 is 0 Å². The van der Waals surface area contributed by atoms with Crippen LogP contribution in [0, 0.1) is 18.3 Å². The van der Waals surface area contributed by atoms with Crippen molar-refractivity contribution in [2.24, 2.45) is 11.8 Å². The smallest absolute Gasteiger partial charge is 0.0380 e. The van der Waals surface area contributed by atoms with E-state index < -0.39 is 0 Å². The molecule has 0 heteroatoms. The SMILES string of the molecule is CCCCC(CC)C[CH]CC(CC)CCCC. The van der Waals surface area contributed by atoms with Crippen LogP contribution >= 0.6 is 0 Å².